The van der Waals surface area contributed by atoms with E-state index in [1.807, 2.05) is 43.3 Å². The van der Waals surface area contributed by atoms with Gasteiger partial charge < -0.3 is 15.0 Å². The van der Waals surface area contributed by atoms with E-state index in [1.54, 1.807) is 19.1 Å². The van der Waals surface area contributed by atoms with Crippen LogP contribution in [0.1, 0.15) is 35.5 Å². The number of anilines is 3. The highest BCUT2D eigenvalue weighted by Crippen LogP contribution is 2.20. The predicted molar refractivity (Wildman–Crippen MR) is 116 cm³/mol. The molecule has 0 aliphatic heterocycles. The first-order chi connectivity index (χ1) is 14.1. The van der Waals surface area contributed by atoms with E-state index >= 15 is 0 Å². The van der Waals surface area contributed by atoms with Gasteiger partial charge in [-0.2, -0.15) is 4.98 Å². The van der Waals surface area contributed by atoms with Gasteiger partial charge >= 0.3 is 5.97 Å². The first kappa shape index (κ1) is 20.3. The van der Waals surface area contributed by atoms with Crippen molar-refractivity contribution in [2.24, 2.45) is 0 Å². The molecule has 0 unspecified atom stereocenters. The summed E-state index contributed by atoms with van der Waals surface area (Å²) in [7, 11) is 0. The predicted octanol–water partition coefficient (Wildman–Crippen LogP) is 4.73. The van der Waals surface area contributed by atoms with Crippen LogP contribution in [-0.2, 0) is 11.3 Å². The molecule has 3 rings (SSSR count). The molecule has 0 saturated heterocycles. The van der Waals surface area contributed by atoms with Crippen molar-refractivity contribution in [2.75, 3.05) is 23.4 Å². The zero-order chi connectivity index (χ0) is 20.6. The van der Waals surface area contributed by atoms with Gasteiger partial charge in [-0.3, -0.25) is 0 Å². The van der Waals surface area contributed by atoms with Gasteiger partial charge in [-0.05, 0) is 50.6 Å². The van der Waals surface area contributed by atoms with Crippen LogP contribution in [0, 0.1) is 6.92 Å². The second-order valence-electron chi connectivity index (χ2n) is 6.61. The summed E-state index contributed by atoms with van der Waals surface area (Å²) in [6, 6.07) is 19.4. The number of rotatable bonds is 8. The van der Waals surface area contributed by atoms with Crippen LogP contribution in [-0.4, -0.2) is 29.1 Å². The van der Waals surface area contributed by atoms with E-state index in [1.165, 1.54) is 5.56 Å². The Hall–Kier alpha value is -3.41. The van der Waals surface area contributed by atoms with Gasteiger partial charge in [0.25, 0.3) is 0 Å². The number of benzene rings is 2. The van der Waals surface area contributed by atoms with Gasteiger partial charge in [0.15, 0.2) is 0 Å². The maximum Gasteiger partial charge on any atom is 0.338 e. The molecule has 150 valence electrons. The molecule has 6 nitrogen and oxygen atoms in total. The Bertz CT molecular complexity index is 943. The van der Waals surface area contributed by atoms with E-state index in [-0.39, 0.29) is 5.97 Å². The minimum absolute atomic E-state index is 0.326. The molecule has 1 N–H and O–H groups in total. The van der Waals surface area contributed by atoms with Gasteiger partial charge in [0.2, 0.25) is 5.95 Å². The van der Waals surface area contributed by atoms with Gasteiger partial charge in [-0.15, -0.1) is 0 Å². The Kier molecular flexibility index (Phi) is 6.79. The fourth-order valence-electron chi connectivity index (χ4n) is 2.96. The van der Waals surface area contributed by atoms with Crippen molar-refractivity contribution < 1.29 is 9.53 Å². The van der Waals surface area contributed by atoms with Crippen LogP contribution < -0.4 is 10.2 Å². The summed E-state index contributed by atoms with van der Waals surface area (Å²) < 4.78 is 5.02. The lowest BCUT2D eigenvalue weighted by Gasteiger charge is -2.23. The number of hydrogen-bond acceptors (Lipinski definition) is 6. The lowest BCUT2D eigenvalue weighted by molar-refractivity contribution is 0.0526. The normalized spacial score (nSPS) is 10.4. The smallest absolute Gasteiger partial charge is 0.338 e. The van der Waals surface area contributed by atoms with Crippen molar-refractivity contribution in [1.82, 2.24) is 9.97 Å². The molecule has 0 bridgehead atoms. The van der Waals surface area contributed by atoms with Crippen molar-refractivity contribution in [3.8, 4) is 0 Å². The second kappa shape index (κ2) is 9.68. The molecular weight excluding hydrogens is 364 g/mol. The second-order valence-corrected chi connectivity index (χ2v) is 6.61. The zero-order valence-corrected chi connectivity index (χ0v) is 17.1. The first-order valence-electron chi connectivity index (χ1n) is 9.77. The molecule has 0 amide bonds. The summed E-state index contributed by atoms with van der Waals surface area (Å²) >= 11 is 0. The SMILES string of the molecule is CCOC(=O)c1ccc(Nc2nc(C)cc(N(CC)Cc3ccccc3)n2)cc1. The molecular formula is C23H26N4O2. The molecule has 0 fully saturated rings. The topological polar surface area (TPSA) is 67.3 Å². The lowest BCUT2D eigenvalue weighted by atomic mass is 10.2. The summed E-state index contributed by atoms with van der Waals surface area (Å²) in [6.07, 6.45) is 0. The van der Waals surface area contributed by atoms with Crippen LogP contribution in [0.15, 0.2) is 60.7 Å². The largest absolute Gasteiger partial charge is 0.462 e. The Morgan fingerprint density at radius 3 is 2.41 bits per heavy atom. The van der Waals surface area contributed by atoms with Gasteiger partial charge in [0.05, 0.1) is 12.2 Å². The van der Waals surface area contributed by atoms with E-state index in [2.05, 4.69) is 34.3 Å². The van der Waals surface area contributed by atoms with E-state index < -0.39 is 0 Å². The van der Waals surface area contributed by atoms with Crippen molar-refractivity contribution in [1.29, 1.82) is 0 Å². The minimum atomic E-state index is -0.326. The third kappa shape index (κ3) is 5.54. The third-order valence-electron chi connectivity index (χ3n) is 4.41. The van der Waals surface area contributed by atoms with Crippen molar-refractivity contribution in [3.05, 3.63) is 77.5 Å². The molecule has 1 heterocycles. The molecule has 0 aliphatic rings. The summed E-state index contributed by atoms with van der Waals surface area (Å²) in [4.78, 5) is 23.2. The maximum atomic E-state index is 11.8. The highest BCUT2D eigenvalue weighted by Gasteiger charge is 2.11. The Morgan fingerprint density at radius 2 is 1.76 bits per heavy atom. The van der Waals surface area contributed by atoms with Gasteiger partial charge in [0, 0.05) is 30.5 Å². The molecule has 0 radical (unpaired) electrons. The van der Waals surface area contributed by atoms with Crippen LogP contribution in [0.25, 0.3) is 0 Å². The molecule has 0 atom stereocenters. The number of nitrogens with one attached hydrogen (secondary N) is 1. The Labute approximate surface area is 171 Å². The number of aryl methyl sites for hydroxylation is 1. The fourth-order valence-corrected chi connectivity index (χ4v) is 2.96. The fraction of sp³-hybridized carbons (Fsp3) is 0.261. The molecule has 6 heteroatoms. The van der Waals surface area contributed by atoms with E-state index in [0.717, 1.165) is 30.3 Å². The lowest BCUT2D eigenvalue weighted by Crippen LogP contribution is -2.23. The van der Waals surface area contributed by atoms with Crippen molar-refractivity contribution in [3.63, 3.8) is 0 Å². The monoisotopic (exact) mass is 390 g/mol. The standard InChI is InChI=1S/C23H26N4O2/c1-4-27(16-18-9-7-6-8-10-18)21-15-17(3)24-23(26-21)25-20-13-11-19(12-14-20)22(28)29-5-2/h6-15H,4-5,16H2,1-3H3,(H,24,25,26). The summed E-state index contributed by atoms with van der Waals surface area (Å²) in [5, 5.41) is 3.23. The molecule has 29 heavy (non-hydrogen) atoms. The quantitative estimate of drug-likeness (QED) is 0.561. The third-order valence-corrected chi connectivity index (χ3v) is 4.41. The van der Waals surface area contributed by atoms with Gasteiger partial charge in [0.1, 0.15) is 5.82 Å². The van der Waals surface area contributed by atoms with Crippen LogP contribution >= 0.6 is 0 Å². The molecule has 3 aromatic rings. The number of esters is 1. The van der Waals surface area contributed by atoms with E-state index in [9.17, 15) is 4.79 Å². The highest BCUT2D eigenvalue weighted by molar-refractivity contribution is 5.89. The highest BCUT2D eigenvalue weighted by atomic mass is 16.5. The van der Waals surface area contributed by atoms with Crippen molar-refractivity contribution >= 4 is 23.4 Å². The maximum absolute atomic E-state index is 11.8. The number of ether oxygens (including phenoxy) is 1. The number of hydrogen-bond donors (Lipinski definition) is 1. The molecule has 1 aromatic heterocycles. The summed E-state index contributed by atoms with van der Waals surface area (Å²) in [6.45, 7) is 7.83. The van der Waals surface area contributed by atoms with Crippen molar-refractivity contribution in [2.45, 2.75) is 27.3 Å². The number of carbonyl (C=O) groups is 1. The number of aromatic nitrogens is 2. The van der Waals surface area contributed by atoms with Crippen LogP contribution in [0.2, 0.25) is 0 Å². The van der Waals surface area contributed by atoms with Crippen LogP contribution in [0.3, 0.4) is 0 Å². The van der Waals surface area contributed by atoms with E-state index in [4.69, 9.17) is 9.72 Å². The van der Waals surface area contributed by atoms with Gasteiger partial charge in [-0.1, -0.05) is 30.3 Å². The van der Waals surface area contributed by atoms with Crippen LogP contribution in [0.5, 0.6) is 0 Å². The number of nitrogens with zero attached hydrogens (tertiary/aromatic N) is 3. The average Bonchev–Trinajstić information content (AvgIpc) is 2.73. The summed E-state index contributed by atoms with van der Waals surface area (Å²) in [5.41, 5.74) is 3.44. The molecule has 0 saturated carbocycles. The molecule has 0 aliphatic carbocycles. The zero-order valence-electron chi connectivity index (χ0n) is 17.1. The minimum Gasteiger partial charge on any atom is -0.462 e. The molecule has 0 spiro atoms. The Morgan fingerprint density at radius 1 is 1.03 bits per heavy atom. The Balaban J connectivity index is 1.77. The summed E-state index contributed by atoms with van der Waals surface area (Å²) in [5.74, 6) is 1.07. The van der Waals surface area contributed by atoms with E-state index in [0.29, 0.717) is 18.1 Å². The van der Waals surface area contributed by atoms with Gasteiger partial charge in [-0.25, -0.2) is 9.78 Å². The van der Waals surface area contributed by atoms with Crippen LogP contribution in [0.4, 0.5) is 17.5 Å². The molecule has 2 aromatic carbocycles. The average molecular weight is 390 g/mol. The first-order valence-corrected chi connectivity index (χ1v) is 9.77. The number of carbonyl (C=O) groups excluding carboxylic acids is 1.